The van der Waals surface area contributed by atoms with Crippen LogP contribution in [0.3, 0.4) is 0 Å². The molecule has 2 amide bonds. The number of rotatable bonds is 6. The van der Waals surface area contributed by atoms with Crippen LogP contribution >= 0.6 is 0 Å². The van der Waals surface area contributed by atoms with Crippen LogP contribution in [0, 0.1) is 11.8 Å². The highest BCUT2D eigenvalue weighted by atomic mass is 16.2. The smallest absolute Gasteiger partial charge is 0.247 e. The molecule has 0 aliphatic heterocycles. The van der Waals surface area contributed by atoms with Crippen LogP contribution in [0.1, 0.15) is 45.2 Å². The van der Waals surface area contributed by atoms with Gasteiger partial charge in [-0.25, -0.2) is 0 Å². The molecule has 2 rings (SSSR count). The summed E-state index contributed by atoms with van der Waals surface area (Å²) < 4.78 is 0. The summed E-state index contributed by atoms with van der Waals surface area (Å²) in [6.45, 7) is 6.09. The third-order valence-corrected chi connectivity index (χ3v) is 3.73. The molecule has 3 unspecified atom stereocenters. The third-order valence-electron chi connectivity index (χ3n) is 3.73. The summed E-state index contributed by atoms with van der Waals surface area (Å²) >= 11 is 0. The summed E-state index contributed by atoms with van der Waals surface area (Å²) in [6.07, 6.45) is 1.45. The highest BCUT2D eigenvalue weighted by Gasteiger charge is 2.36. The Morgan fingerprint density at radius 3 is 2.38 bits per heavy atom. The zero-order valence-electron chi connectivity index (χ0n) is 12.9. The molecular weight excluding hydrogens is 264 g/mol. The molecule has 0 aromatic heterocycles. The Bertz CT molecular complexity index is 499. The predicted molar refractivity (Wildman–Crippen MR) is 82.5 cm³/mol. The van der Waals surface area contributed by atoms with Gasteiger partial charge in [-0.1, -0.05) is 51.1 Å². The van der Waals surface area contributed by atoms with Gasteiger partial charge in [-0.3, -0.25) is 9.59 Å². The Morgan fingerprint density at radius 1 is 1.24 bits per heavy atom. The quantitative estimate of drug-likeness (QED) is 0.844. The maximum Gasteiger partial charge on any atom is 0.247 e. The largest absolute Gasteiger partial charge is 0.351 e. The van der Waals surface area contributed by atoms with Crippen molar-refractivity contribution in [2.45, 2.75) is 45.7 Å². The zero-order chi connectivity index (χ0) is 15.4. The second-order valence-corrected chi connectivity index (χ2v) is 6.34. The molecule has 114 valence electrons. The van der Waals surface area contributed by atoms with Crippen molar-refractivity contribution in [2.24, 2.45) is 11.8 Å². The van der Waals surface area contributed by atoms with Crippen molar-refractivity contribution in [1.29, 1.82) is 0 Å². The van der Waals surface area contributed by atoms with Crippen LogP contribution in [0.15, 0.2) is 30.3 Å². The van der Waals surface area contributed by atoms with E-state index < -0.39 is 6.04 Å². The SMILES string of the molecule is CC(C)CC(=O)NC(C(=O)NC1CC1C)c1ccccc1. The molecule has 1 aliphatic rings. The average molecular weight is 288 g/mol. The molecular formula is C17H24N2O2. The van der Waals surface area contributed by atoms with Gasteiger partial charge in [0.15, 0.2) is 0 Å². The normalized spacial score (nSPS) is 21.7. The van der Waals surface area contributed by atoms with Crippen LogP contribution in [0.25, 0.3) is 0 Å². The Kier molecular flexibility index (Phi) is 4.99. The summed E-state index contributed by atoms with van der Waals surface area (Å²) in [6, 6.07) is 9.05. The fourth-order valence-corrected chi connectivity index (χ4v) is 2.33. The molecule has 1 fully saturated rings. The molecule has 0 radical (unpaired) electrons. The van der Waals surface area contributed by atoms with Crippen molar-refractivity contribution in [3.05, 3.63) is 35.9 Å². The lowest BCUT2D eigenvalue weighted by atomic mass is 10.0. The lowest BCUT2D eigenvalue weighted by Crippen LogP contribution is -2.41. The van der Waals surface area contributed by atoms with Crippen molar-refractivity contribution in [3.8, 4) is 0 Å². The Labute approximate surface area is 126 Å². The molecule has 0 bridgehead atoms. The van der Waals surface area contributed by atoms with Gasteiger partial charge in [0.2, 0.25) is 11.8 Å². The fraction of sp³-hybridized carbons (Fsp3) is 0.529. The van der Waals surface area contributed by atoms with Crippen molar-refractivity contribution in [2.75, 3.05) is 0 Å². The minimum atomic E-state index is -0.606. The number of hydrogen-bond donors (Lipinski definition) is 2. The number of carbonyl (C=O) groups excluding carboxylic acids is 2. The lowest BCUT2D eigenvalue weighted by Gasteiger charge is -2.19. The topological polar surface area (TPSA) is 58.2 Å². The molecule has 1 aliphatic carbocycles. The van der Waals surface area contributed by atoms with Crippen LogP contribution in [0.5, 0.6) is 0 Å². The van der Waals surface area contributed by atoms with Crippen molar-refractivity contribution in [1.82, 2.24) is 10.6 Å². The van der Waals surface area contributed by atoms with E-state index in [9.17, 15) is 9.59 Å². The second kappa shape index (κ2) is 6.74. The lowest BCUT2D eigenvalue weighted by molar-refractivity contribution is -0.129. The molecule has 1 aromatic carbocycles. The number of amides is 2. The first-order valence-corrected chi connectivity index (χ1v) is 7.62. The maximum absolute atomic E-state index is 12.4. The molecule has 4 heteroatoms. The van der Waals surface area contributed by atoms with Gasteiger partial charge in [-0.2, -0.15) is 0 Å². The molecule has 0 heterocycles. The van der Waals surface area contributed by atoms with Crippen molar-refractivity contribution < 1.29 is 9.59 Å². The zero-order valence-corrected chi connectivity index (χ0v) is 12.9. The predicted octanol–water partition coefficient (Wildman–Crippen LogP) is 2.41. The molecule has 0 spiro atoms. The minimum Gasteiger partial charge on any atom is -0.351 e. The number of carbonyl (C=O) groups is 2. The van der Waals surface area contributed by atoms with E-state index in [4.69, 9.17) is 0 Å². The van der Waals surface area contributed by atoms with Crippen LogP contribution in [-0.4, -0.2) is 17.9 Å². The first kappa shape index (κ1) is 15.5. The Balaban J connectivity index is 2.06. The Hall–Kier alpha value is -1.84. The fourth-order valence-electron chi connectivity index (χ4n) is 2.33. The van der Waals surface area contributed by atoms with Gasteiger partial charge < -0.3 is 10.6 Å². The molecule has 1 saturated carbocycles. The molecule has 3 atom stereocenters. The van der Waals surface area contributed by atoms with E-state index in [1.165, 1.54) is 0 Å². The van der Waals surface area contributed by atoms with E-state index in [-0.39, 0.29) is 23.8 Å². The summed E-state index contributed by atoms with van der Waals surface area (Å²) in [5.41, 5.74) is 0.820. The van der Waals surface area contributed by atoms with E-state index in [0.717, 1.165) is 12.0 Å². The van der Waals surface area contributed by atoms with Crippen LogP contribution in [-0.2, 0) is 9.59 Å². The van der Waals surface area contributed by atoms with Crippen LogP contribution < -0.4 is 10.6 Å². The van der Waals surface area contributed by atoms with E-state index in [0.29, 0.717) is 12.3 Å². The first-order valence-electron chi connectivity index (χ1n) is 7.62. The van der Waals surface area contributed by atoms with E-state index in [1.54, 1.807) is 0 Å². The van der Waals surface area contributed by atoms with Gasteiger partial charge in [-0.15, -0.1) is 0 Å². The van der Waals surface area contributed by atoms with Gasteiger partial charge in [-0.05, 0) is 23.8 Å². The second-order valence-electron chi connectivity index (χ2n) is 6.34. The van der Waals surface area contributed by atoms with Gasteiger partial charge in [0.05, 0.1) is 0 Å². The summed E-state index contributed by atoms with van der Waals surface area (Å²) in [7, 11) is 0. The summed E-state index contributed by atoms with van der Waals surface area (Å²) in [4.78, 5) is 24.5. The molecule has 2 N–H and O–H groups in total. The number of nitrogens with one attached hydrogen (secondary N) is 2. The maximum atomic E-state index is 12.4. The highest BCUT2D eigenvalue weighted by molar-refractivity contribution is 5.89. The van der Waals surface area contributed by atoms with Crippen molar-refractivity contribution in [3.63, 3.8) is 0 Å². The van der Waals surface area contributed by atoms with E-state index >= 15 is 0 Å². The first-order chi connectivity index (χ1) is 9.97. The monoisotopic (exact) mass is 288 g/mol. The van der Waals surface area contributed by atoms with Gasteiger partial charge in [0.25, 0.3) is 0 Å². The van der Waals surface area contributed by atoms with E-state index in [1.807, 2.05) is 44.2 Å². The van der Waals surface area contributed by atoms with E-state index in [2.05, 4.69) is 17.6 Å². The van der Waals surface area contributed by atoms with Crippen LogP contribution in [0.4, 0.5) is 0 Å². The summed E-state index contributed by atoms with van der Waals surface area (Å²) in [5, 5.41) is 5.87. The van der Waals surface area contributed by atoms with Crippen molar-refractivity contribution >= 4 is 11.8 Å². The molecule has 21 heavy (non-hydrogen) atoms. The molecule has 1 aromatic rings. The standard InChI is InChI=1S/C17H24N2O2/c1-11(2)9-15(20)19-16(13-7-5-4-6-8-13)17(21)18-14-10-12(14)3/h4-8,11-12,14,16H,9-10H2,1-3H3,(H,18,21)(H,19,20). The van der Waals surface area contributed by atoms with Gasteiger partial charge in [0.1, 0.15) is 6.04 Å². The molecule has 0 saturated heterocycles. The minimum absolute atomic E-state index is 0.0853. The number of benzene rings is 1. The third kappa shape index (κ3) is 4.59. The summed E-state index contributed by atoms with van der Waals surface area (Å²) in [5.74, 6) is 0.607. The average Bonchev–Trinajstić information content (AvgIpc) is 3.11. The Morgan fingerprint density at radius 2 is 1.86 bits per heavy atom. The van der Waals surface area contributed by atoms with Gasteiger partial charge >= 0.3 is 0 Å². The molecule has 4 nitrogen and oxygen atoms in total. The van der Waals surface area contributed by atoms with Gasteiger partial charge in [0, 0.05) is 12.5 Å². The highest BCUT2D eigenvalue weighted by Crippen LogP contribution is 2.29. The van der Waals surface area contributed by atoms with Crippen LogP contribution in [0.2, 0.25) is 0 Å². The number of hydrogen-bond acceptors (Lipinski definition) is 2.